The SMILES string of the molecule is Cc1nsc2ncc(C(=O)Nc3ccc4sc(C(=O)O)cc4c3)cc12. The molecule has 0 fully saturated rings. The number of fused-ring (bicyclic) bond motifs is 2. The van der Waals surface area contributed by atoms with Gasteiger partial charge >= 0.3 is 5.97 Å². The molecule has 0 aliphatic carbocycles. The molecule has 0 bridgehead atoms. The summed E-state index contributed by atoms with van der Waals surface area (Å²) in [5.74, 6) is -1.22. The number of aromatic carboxylic acids is 1. The van der Waals surface area contributed by atoms with Gasteiger partial charge < -0.3 is 10.4 Å². The Bertz CT molecular complexity index is 1150. The van der Waals surface area contributed by atoms with Gasteiger partial charge in [0.15, 0.2) is 0 Å². The van der Waals surface area contributed by atoms with Gasteiger partial charge in [-0.3, -0.25) is 4.79 Å². The summed E-state index contributed by atoms with van der Waals surface area (Å²) in [5, 5.41) is 13.6. The second-order valence-electron chi connectivity index (χ2n) is 5.47. The molecule has 0 radical (unpaired) electrons. The van der Waals surface area contributed by atoms with Crippen LogP contribution in [0.5, 0.6) is 0 Å². The minimum Gasteiger partial charge on any atom is -0.477 e. The van der Waals surface area contributed by atoms with E-state index in [0.29, 0.717) is 11.3 Å². The lowest BCUT2D eigenvalue weighted by atomic mass is 10.2. The highest BCUT2D eigenvalue weighted by atomic mass is 32.1. The quantitative estimate of drug-likeness (QED) is 0.565. The zero-order valence-corrected chi connectivity index (χ0v) is 14.6. The number of aromatic nitrogens is 2. The summed E-state index contributed by atoms with van der Waals surface area (Å²) in [6.07, 6.45) is 1.53. The van der Waals surface area contributed by atoms with E-state index in [2.05, 4.69) is 14.7 Å². The summed E-state index contributed by atoms with van der Waals surface area (Å²) >= 11 is 2.51. The van der Waals surface area contributed by atoms with Crippen LogP contribution in [0.15, 0.2) is 36.5 Å². The van der Waals surface area contributed by atoms with Crippen LogP contribution >= 0.6 is 22.9 Å². The number of amides is 1. The maximum atomic E-state index is 12.5. The molecule has 1 aromatic carbocycles. The molecule has 4 aromatic rings. The smallest absolute Gasteiger partial charge is 0.345 e. The number of carboxylic acid groups (broad SMARTS) is 1. The van der Waals surface area contributed by atoms with E-state index in [1.807, 2.05) is 6.92 Å². The molecule has 0 aliphatic heterocycles. The molecule has 0 spiro atoms. The molecule has 0 saturated carbocycles. The molecule has 2 N–H and O–H groups in total. The third-order valence-corrected chi connectivity index (χ3v) is 5.72. The summed E-state index contributed by atoms with van der Waals surface area (Å²) in [7, 11) is 0. The Morgan fingerprint density at radius 3 is 2.84 bits per heavy atom. The molecule has 0 unspecified atom stereocenters. The first-order chi connectivity index (χ1) is 12.0. The molecule has 1 amide bonds. The lowest BCUT2D eigenvalue weighted by molar-refractivity contribution is 0.0702. The van der Waals surface area contributed by atoms with Crippen LogP contribution in [0.3, 0.4) is 0 Å². The second kappa shape index (κ2) is 5.91. The Kier molecular flexibility index (Phi) is 3.70. The number of carboxylic acids is 1. The lowest BCUT2D eigenvalue weighted by Crippen LogP contribution is -2.12. The maximum absolute atomic E-state index is 12.5. The fraction of sp³-hybridized carbons (Fsp3) is 0.0588. The number of carbonyl (C=O) groups excluding carboxylic acids is 1. The normalized spacial score (nSPS) is 11.1. The predicted molar refractivity (Wildman–Crippen MR) is 98.9 cm³/mol. The van der Waals surface area contributed by atoms with Crippen LogP contribution in [-0.2, 0) is 0 Å². The first kappa shape index (κ1) is 15.7. The van der Waals surface area contributed by atoms with Crippen LogP contribution < -0.4 is 5.32 Å². The average molecular weight is 369 g/mol. The lowest BCUT2D eigenvalue weighted by Gasteiger charge is -2.05. The van der Waals surface area contributed by atoms with E-state index < -0.39 is 5.97 Å². The number of rotatable bonds is 3. The Hall–Kier alpha value is -2.84. The molecular formula is C17H11N3O3S2. The molecule has 25 heavy (non-hydrogen) atoms. The van der Waals surface area contributed by atoms with Crippen molar-refractivity contribution in [1.82, 2.24) is 9.36 Å². The molecule has 124 valence electrons. The number of pyridine rings is 1. The third kappa shape index (κ3) is 2.86. The van der Waals surface area contributed by atoms with E-state index in [1.165, 1.54) is 29.1 Å². The second-order valence-corrected chi connectivity index (χ2v) is 7.30. The zero-order chi connectivity index (χ0) is 17.6. The highest BCUT2D eigenvalue weighted by Crippen LogP contribution is 2.28. The largest absolute Gasteiger partial charge is 0.477 e. The van der Waals surface area contributed by atoms with Crippen LogP contribution in [0, 0.1) is 6.92 Å². The summed E-state index contributed by atoms with van der Waals surface area (Å²) in [6.45, 7) is 1.88. The van der Waals surface area contributed by atoms with Crippen LogP contribution in [0.25, 0.3) is 20.3 Å². The van der Waals surface area contributed by atoms with Gasteiger partial charge in [-0.05, 0) is 54.2 Å². The molecule has 3 aromatic heterocycles. The summed E-state index contributed by atoms with van der Waals surface area (Å²) in [6, 6.07) is 8.70. The van der Waals surface area contributed by atoms with Gasteiger partial charge in [0, 0.05) is 22.0 Å². The van der Waals surface area contributed by atoms with E-state index in [4.69, 9.17) is 5.11 Å². The molecular weight excluding hydrogens is 358 g/mol. The highest BCUT2D eigenvalue weighted by Gasteiger charge is 2.12. The van der Waals surface area contributed by atoms with Crippen molar-refractivity contribution in [1.29, 1.82) is 0 Å². The van der Waals surface area contributed by atoms with Crippen molar-refractivity contribution in [2.75, 3.05) is 5.32 Å². The van der Waals surface area contributed by atoms with E-state index in [9.17, 15) is 9.59 Å². The molecule has 6 nitrogen and oxygen atoms in total. The van der Waals surface area contributed by atoms with Crippen LogP contribution in [0.4, 0.5) is 5.69 Å². The minimum atomic E-state index is -0.953. The van der Waals surface area contributed by atoms with Crippen LogP contribution in [-0.4, -0.2) is 26.3 Å². The minimum absolute atomic E-state index is 0.270. The van der Waals surface area contributed by atoms with Crippen molar-refractivity contribution in [3.8, 4) is 0 Å². The average Bonchev–Trinajstić information content (AvgIpc) is 3.18. The van der Waals surface area contributed by atoms with Crippen LogP contribution in [0.1, 0.15) is 25.7 Å². The Morgan fingerprint density at radius 2 is 2.04 bits per heavy atom. The number of hydrogen-bond donors (Lipinski definition) is 2. The summed E-state index contributed by atoms with van der Waals surface area (Å²) in [4.78, 5) is 28.9. The molecule has 0 atom stereocenters. The molecule has 3 heterocycles. The molecule has 4 rings (SSSR count). The fourth-order valence-corrected chi connectivity index (χ4v) is 4.11. The first-order valence-electron chi connectivity index (χ1n) is 7.31. The summed E-state index contributed by atoms with van der Waals surface area (Å²) in [5.41, 5.74) is 1.91. The monoisotopic (exact) mass is 369 g/mol. The van der Waals surface area contributed by atoms with Crippen molar-refractivity contribution < 1.29 is 14.7 Å². The maximum Gasteiger partial charge on any atom is 0.345 e. The van der Waals surface area contributed by atoms with Gasteiger partial charge in [0.25, 0.3) is 5.91 Å². The predicted octanol–water partition coefficient (Wildman–Crippen LogP) is 4.16. The van der Waals surface area contributed by atoms with E-state index in [-0.39, 0.29) is 10.8 Å². The van der Waals surface area contributed by atoms with Crippen LogP contribution in [0.2, 0.25) is 0 Å². The van der Waals surface area contributed by atoms with Crippen molar-refractivity contribution in [2.45, 2.75) is 6.92 Å². The number of aryl methyl sites for hydroxylation is 1. The van der Waals surface area contributed by atoms with Gasteiger partial charge in [-0.1, -0.05) is 0 Å². The third-order valence-electron chi connectivity index (χ3n) is 3.76. The Balaban J connectivity index is 1.63. The van der Waals surface area contributed by atoms with E-state index in [1.54, 1.807) is 30.3 Å². The molecule has 0 aliphatic rings. The van der Waals surface area contributed by atoms with Crippen molar-refractivity contribution in [3.63, 3.8) is 0 Å². The number of anilines is 1. The number of thiophene rings is 1. The van der Waals surface area contributed by atoms with Gasteiger partial charge in [-0.15, -0.1) is 11.3 Å². The van der Waals surface area contributed by atoms with Crippen molar-refractivity contribution in [2.24, 2.45) is 0 Å². The van der Waals surface area contributed by atoms with Crippen molar-refractivity contribution >= 4 is 60.7 Å². The van der Waals surface area contributed by atoms with E-state index in [0.717, 1.165) is 26.0 Å². The van der Waals surface area contributed by atoms with Crippen molar-refractivity contribution in [3.05, 3.63) is 52.7 Å². The van der Waals surface area contributed by atoms with Gasteiger partial charge in [-0.25, -0.2) is 9.78 Å². The number of benzene rings is 1. The number of hydrogen-bond acceptors (Lipinski definition) is 6. The number of carbonyl (C=O) groups is 2. The van der Waals surface area contributed by atoms with Gasteiger partial charge in [-0.2, -0.15) is 4.37 Å². The number of nitrogens with zero attached hydrogens (tertiary/aromatic N) is 2. The number of nitrogens with one attached hydrogen (secondary N) is 1. The van der Waals surface area contributed by atoms with E-state index >= 15 is 0 Å². The molecule has 0 saturated heterocycles. The Labute approximate surface area is 149 Å². The fourth-order valence-electron chi connectivity index (χ4n) is 2.50. The van der Waals surface area contributed by atoms with Gasteiger partial charge in [0.2, 0.25) is 0 Å². The molecule has 8 heteroatoms. The first-order valence-corrected chi connectivity index (χ1v) is 8.90. The zero-order valence-electron chi connectivity index (χ0n) is 12.9. The summed E-state index contributed by atoms with van der Waals surface area (Å²) < 4.78 is 5.09. The van der Waals surface area contributed by atoms with Gasteiger partial charge in [0.1, 0.15) is 9.71 Å². The Morgan fingerprint density at radius 1 is 1.20 bits per heavy atom. The topological polar surface area (TPSA) is 92.2 Å². The standard InChI is InChI=1S/C17H11N3O3S2/c1-8-12-5-10(7-18-16(12)25-20-8)15(21)19-11-2-3-13-9(4-11)6-14(24-13)17(22)23/h2-7H,1H3,(H,19,21)(H,22,23). The van der Waals surface area contributed by atoms with Gasteiger partial charge in [0.05, 0.1) is 11.3 Å². The highest BCUT2D eigenvalue weighted by molar-refractivity contribution is 7.20.